The zero-order chi connectivity index (χ0) is 12.8. The van der Waals surface area contributed by atoms with Crippen LogP contribution in [0.4, 0.5) is 11.4 Å². The van der Waals surface area contributed by atoms with Crippen molar-refractivity contribution in [2.75, 3.05) is 11.1 Å². The number of hydrogen-bond donors (Lipinski definition) is 3. The lowest BCUT2D eigenvalue weighted by molar-refractivity contribution is 0.0698. The summed E-state index contributed by atoms with van der Waals surface area (Å²) in [5.41, 5.74) is 7.10. The van der Waals surface area contributed by atoms with Crippen LogP contribution in [0, 0.1) is 0 Å². The van der Waals surface area contributed by atoms with Crippen molar-refractivity contribution >= 4 is 17.3 Å². The molecule has 1 unspecified atom stereocenters. The highest BCUT2D eigenvalue weighted by molar-refractivity contribution is 5.97. The molecule has 0 spiro atoms. The first-order valence-corrected chi connectivity index (χ1v) is 5.98. The van der Waals surface area contributed by atoms with Gasteiger partial charge in [0.05, 0.1) is 16.9 Å². The molecule has 4 heteroatoms. The summed E-state index contributed by atoms with van der Waals surface area (Å²) in [5, 5.41) is 12.4. The third-order valence-corrected chi connectivity index (χ3v) is 2.81. The number of rotatable bonds is 6. The number of anilines is 2. The Labute approximate surface area is 102 Å². The van der Waals surface area contributed by atoms with Crippen molar-refractivity contribution in [3.63, 3.8) is 0 Å². The van der Waals surface area contributed by atoms with Gasteiger partial charge in [-0.2, -0.15) is 0 Å². The highest BCUT2D eigenvalue weighted by atomic mass is 16.4. The fourth-order valence-corrected chi connectivity index (χ4v) is 1.84. The van der Waals surface area contributed by atoms with Crippen molar-refractivity contribution in [1.82, 2.24) is 0 Å². The first-order valence-electron chi connectivity index (χ1n) is 5.98. The zero-order valence-corrected chi connectivity index (χ0v) is 10.4. The van der Waals surface area contributed by atoms with E-state index in [0.29, 0.717) is 11.4 Å². The quantitative estimate of drug-likeness (QED) is 0.664. The second-order valence-corrected chi connectivity index (χ2v) is 4.11. The number of nitrogens with one attached hydrogen (secondary N) is 1. The van der Waals surface area contributed by atoms with E-state index >= 15 is 0 Å². The molecule has 0 amide bonds. The van der Waals surface area contributed by atoms with E-state index in [1.165, 1.54) is 0 Å². The summed E-state index contributed by atoms with van der Waals surface area (Å²) < 4.78 is 0. The number of hydrogen-bond acceptors (Lipinski definition) is 3. The largest absolute Gasteiger partial charge is 0.478 e. The zero-order valence-electron chi connectivity index (χ0n) is 10.4. The fourth-order valence-electron chi connectivity index (χ4n) is 1.84. The van der Waals surface area contributed by atoms with E-state index < -0.39 is 5.97 Å². The Balaban J connectivity index is 2.99. The molecule has 0 bridgehead atoms. The minimum absolute atomic E-state index is 0.236. The summed E-state index contributed by atoms with van der Waals surface area (Å²) in [6.45, 7) is 4.18. The van der Waals surface area contributed by atoms with Gasteiger partial charge in [0, 0.05) is 6.04 Å². The maximum absolute atomic E-state index is 11.1. The van der Waals surface area contributed by atoms with Crippen LogP contribution in [0.15, 0.2) is 18.2 Å². The summed E-state index contributed by atoms with van der Waals surface area (Å²) in [4.78, 5) is 11.1. The summed E-state index contributed by atoms with van der Waals surface area (Å²) in [5.74, 6) is -0.953. The first kappa shape index (κ1) is 13.4. The lowest BCUT2D eigenvalue weighted by Crippen LogP contribution is -2.20. The Morgan fingerprint density at radius 2 is 2.18 bits per heavy atom. The standard InChI is InChI=1S/C13H20N2O2/c1-3-6-9(4-2)15-12-10(13(16)17)7-5-8-11(12)14/h5,7-9,15H,3-4,6,14H2,1-2H3,(H,16,17). The maximum Gasteiger partial charge on any atom is 0.337 e. The number of para-hydroxylation sites is 1. The van der Waals surface area contributed by atoms with Crippen LogP contribution < -0.4 is 11.1 Å². The van der Waals surface area contributed by atoms with Crippen LogP contribution in [0.1, 0.15) is 43.5 Å². The van der Waals surface area contributed by atoms with Crippen molar-refractivity contribution in [3.05, 3.63) is 23.8 Å². The maximum atomic E-state index is 11.1. The Morgan fingerprint density at radius 3 is 2.71 bits per heavy atom. The number of carboxylic acid groups (broad SMARTS) is 1. The molecular weight excluding hydrogens is 216 g/mol. The topological polar surface area (TPSA) is 75.3 Å². The summed E-state index contributed by atoms with van der Waals surface area (Å²) >= 11 is 0. The molecule has 1 aromatic carbocycles. The Bertz CT molecular complexity index is 391. The van der Waals surface area contributed by atoms with E-state index in [1.807, 2.05) is 0 Å². The van der Waals surface area contributed by atoms with Gasteiger partial charge in [-0.05, 0) is 25.0 Å². The second kappa shape index (κ2) is 6.13. The molecular formula is C13H20N2O2. The average molecular weight is 236 g/mol. The molecule has 0 fully saturated rings. The van der Waals surface area contributed by atoms with Crippen molar-refractivity contribution in [2.45, 2.75) is 39.2 Å². The molecule has 0 aliphatic carbocycles. The van der Waals surface area contributed by atoms with Crippen molar-refractivity contribution in [1.29, 1.82) is 0 Å². The van der Waals surface area contributed by atoms with Crippen LogP contribution in [0.5, 0.6) is 0 Å². The molecule has 1 aromatic rings. The summed E-state index contributed by atoms with van der Waals surface area (Å²) in [6.07, 6.45) is 3.01. The van der Waals surface area contributed by atoms with Crippen LogP contribution in [-0.4, -0.2) is 17.1 Å². The predicted octanol–water partition coefficient (Wildman–Crippen LogP) is 2.96. The SMILES string of the molecule is CCCC(CC)Nc1c(N)cccc1C(=O)O. The lowest BCUT2D eigenvalue weighted by Gasteiger charge is -2.20. The number of carboxylic acids is 1. The van der Waals surface area contributed by atoms with Crippen molar-refractivity contribution in [2.24, 2.45) is 0 Å². The number of benzene rings is 1. The number of carbonyl (C=O) groups is 1. The van der Waals surface area contributed by atoms with Crippen molar-refractivity contribution in [3.8, 4) is 0 Å². The Kier molecular flexibility index (Phi) is 4.82. The molecule has 0 radical (unpaired) electrons. The Morgan fingerprint density at radius 1 is 1.47 bits per heavy atom. The number of aromatic carboxylic acids is 1. The molecule has 94 valence electrons. The third-order valence-electron chi connectivity index (χ3n) is 2.81. The van der Waals surface area contributed by atoms with Crippen LogP contribution in [0.2, 0.25) is 0 Å². The number of nitrogens with two attached hydrogens (primary N) is 1. The molecule has 0 heterocycles. The molecule has 1 atom stereocenters. The van der Waals surface area contributed by atoms with Crippen LogP contribution in [0.3, 0.4) is 0 Å². The van der Waals surface area contributed by atoms with Gasteiger partial charge in [0.25, 0.3) is 0 Å². The van der Waals surface area contributed by atoms with Gasteiger partial charge in [0.15, 0.2) is 0 Å². The molecule has 1 rings (SSSR count). The van der Waals surface area contributed by atoms with E-state index in [-0.39, 0.29) is 11.6 Å². The van der Waals surface area contributed by atoms with E-state index in [2.05, 4.69) is 19.2 Å². The number of nitrogen functional groups attached to an aromatic ring is 1. The highest BCUT2D eigenvalue weighted by Gasteiger charge is 2.15. The Hall–Kier alpha value is -1.71. The highest BCUT2D eigenvalue weighted by Crippen LogP contribution is 2.25. The summed E-state index contributed by atoms with van der Waals surface area (Å²) in [6, 6.07) is 5.21. The van der Waals surface area contributed by atoms with Gasteiger partial charge in [-0.1, -0.05) is 26.3 Å². The van der Waals surface area contributed by atoms with E-state index in [9.17, 15) is 4.79 Å². The van der Waals surface area contributed by atoms with E-state index in [0.717, 1.165) is 19.3 Å². The molecule has 0 saturated heterocycles. The van der Waals surface area contributed by atoms with Crippen LogP contribution in [-0.2, 0) is 0 Å². The minimum atomic E-state index is -0.953. The monoisotopic (exact) mass is 236 g/mol. The first-order chi connectivity index (χ1) is 8.10. The van der Waals surface area contributed by atoms with Gasteiger partial charge in [0.1, 0.15) is 0 Å². The van der Waals surface area contributed by atoms with Crippen LogP contribution in [0.25, 0.3) is 0 Å². The minimum Gasteiger partial charge on any atom is -0.478 e. The van der Waals surface area contributed by atoms with Crippen LogP contribution >= 0.6 is 0 Å². The normalized spacial score (nSPS) is 12.1. The lowest BCUT2D eigenvalue weighted by atomic mass is 10.1. The van der Waals surface area contributed by atoms with Gasteiger partial charge >= 0.3 is 5.97 Å². The molecule has 0 aliphatic rings. The average Bonchev–Trinajstić information content (AvgIpc) is 2.30. The third kappa shape index (κ3) is 3.37. The predicted molar refractivity (Wildman–Crippen MR) is 70.4 cm³/mol. The smallest absolute Gasteiger partial charge is 0.337 e. The van der Waals surface area contributed by atoms with Gasteiger partial charge in [0.2, 0.25) is 0 Å². The fraction of sp³-hybridized carbons (Fsp3) is 0.462. The molecule has 0 saturated carbocycles. The second-order valence-electron chi connectivity index (χ2n) is 4.11. The van der Waals surface area contributed by atoms with Gasteiger partial charge in [-0.3, -0.25) is 0 Å². The van der Waals surface area contributed by atoms with E-state index in [1.54, 1.807) is 18.2 Å². The summed E-state index contributed by atoms with van der Waals surface area (Å²) in [7, 11) is 0. The molecule has 0 aromatic heterocycles. The molecule has 4 nitrogen and oxygen atoms in total. The molecule has 0 aliphatic heterocycles. The van der Waals surface area contributed by atoms with Gasteiger partial charge in [-0.15, -0.1) is 0 Å². The van der Waals surface area contributed by atoms with Crippen molar-refractivity contribution < 1.29 is 9.90 Å². The van der Waals surface area contributed by atoms with Gasteiger partial charge in [-0.25, -0.2) is 4.79 Å². The molecule has 17 heavy (non-hydrogen) atoms. The van der Waals surface area contributed by atoms with E-state index in [4.69, 9.17) is 10.8 Å². The van der Waals surface area contributed by atoms with Gasteiger partial charge < -0.3 is 16.2 Å². The molecule has 4 N–H and O–H groups in total.